The summed E-state index contributed by atoms with van der Waals surface area (Å²) in [7, 11) is 0. The van der Waals surface area contributed by atoms with Gasteiger partial charge in [-0.25, -0.2) is 14.5 Å². The van der Waals surface area contributed by atoms with Crippen molar-refractivity contribution in [2.24, 2.45) is 0 Å². The number of hydrogen-bond acceptors (Lipinski definition) is 3. The van der Waals surface area contributed by atoms with E-state index in [1.165, 1.54) is 10.9 Å². The lowest BCUT2D eigenvalue weighted by atomic mass is 10.1. The van der Waals surface area contributed by atoms with Gasteiger partial charge in [-0.3, -0.25) is 0 Å². The standard InChI is InChI=1S/C13H13N3O2/c1-10-8-12(16-9-14-15-13(16)18)6-5-11(10)4-2-3-7-17/h5-6,8-9,17H,3,7H2,1H3,(H,15,18). The van der Waals surface area contributed by atoms with Crippen LogP contribution in [0.5, 0.6) is 0 Å². The van der Waals surface area contributed by atoms with E-state index in [1.807, 2.05) is 25.1 Å². The Labute approximate surface area is 104 Å². The molecular weight excluding hydrogens is 230 g/mol. The fraction of sp³-hybridized carbons (Fsp3) is 0.231. The van der Waals surface area contributed by atoms with Crippen LogP contribution in [0.15, 0.2) is 29.3 Å². The van der Waals surface area contributed by atoms with Crippen molar-refractivity contribution < 1.29 is 5.11 Å². The Bertz CT molecular complexity index is 659. The van der Waals surface area contributed by atoms with Crippen LogP contribution in [0, 0.1) is 18.8 Å². The number of H-pyrrole nitrogens is 1. The molecule has 5 nitrogen and oxygen atoms in total. The van der Waals surface area contributed by atoms with Gasteiger partial charge in [-0.2, -0.15) is 5.10 Å². The van der Waals surface area contributed by atoms with Crippen molar-refractivity contribution in [1.82, 2.24) is 14.8 Å². The lowest BCUT2D eigenvalue weighted by Gasteiger charge is -2.03. The van der Waals surface area contributed by atoms with E-state index in [4.69, 9.17) is 5.11 Å². The molecule has 92 valence electrons. The maximum absolute atomic E-state index is 11.4. The van der Waals surface area contributed by atoms with Crippen LogP contribution in [-0.2, 0) is 0 Å². The van der Waals surface area contributed by atoms with Gasteiger partial charge in [-0.15, -0.1) is 0 Å². The number of aliphatic hydroxyl groups is 1. The zero-order valence-corrected chi connectivity index (χ0v) is 9.97. The Hall–Kier alpha value is -2.32. The Kier molecular flexibility index (Phi) is 3.60. The maximum atomic E-state index is 11.4. The summed E-state index contributed by atoms with van der Waals surface area (Å²) in [6.07, 6.45) is 1.90. The minimum absolute atomic E-state index is 0.0640. The third-order valence-electron chi connectivity index (χ3n) is 2.50. The van der Waals surface area contributed by atoms with E-state index >= 15 is 0 Å². The van der Waals surface area contributed by atoms with Crippen molar-refractivity contribution in [3.8, 4) is 17.5 Å². The van der Waals surface area contributed by atoms with Crippen LogP contribution >= 0.6 is 0 Å². The lowest BCUT2D eigenvalue weighted by Crippen LogP contribution is -2.14. The fourth-order valence-corrected chi connectivity index (χ4v) is 1.58. The Balaban J connectivity index is 2.35. The largest absolute Gasteiger partial charge is 0.395 e. The monoisotopic (exact) mass is 243 g/mol. The molecule has 0 aliphatic carbocycles. The molecule has 0 spiro atoms. The molecular formula is C13H13N3O2. The second-order valence-corrected chi connectivity index (χ2v) is 3.81. The Morgan fingerprint density at radius 1 is 1.50 bits per heavy atom. The van der Waals surface area contributed by atoms with Crippen LogP contribution in [0.2, 0.25) is 0 Å². The first-order valence-corrected chi connectivity index (χ1v) is 5.55. The molecule has 0 amide bonds. The number of nitrogens with zero attached hydrogens (tertiary/aromatic N) is 2. The molecule has 0 unspecified atom stereocenters. The molecule has 1 heterocycles. The van der Waals surface area contributed by atoms with Crippen molar-refractivity contribution in [3.05, 3.63) is 46.1 Å². The topological polar surface area (TPSA) is 70.9 Å². The molecule has 0 aliphatic rings. The van der Waals surface area contributed by atoms with E-state index < -0.39 is 0 Å². The Morgan fingerprint density at radius 3 is 2.94 bits per heavy atom. The van der Waals surface area contributed by atoms with Gasteiger partial charge in [0.05, 0.1) is 12.3 Å². The predicted molar refractivity (Wildman–Crippen MR) is 67.5 cm³/mol. The second kappa shape index (κ2) is 5.34. The van der Waals surface area contributed by atoms with Gasteiger partial charge in [0.1, 0.15) is 6.33 Å². The number of nitrogens with one attached hydrogen (secondary N) is 1. The first kappa shape index (κ1) is 12.1. The number of benzene rings is 1. The highest BCUT2D eigenvalue weighted by Gasteiger charge is 2.02. The van der Waals surface area contributed by atoms with Crippen molar-refractivity contribution in [2.75, 3.05) is 6.61 Å². The number of aromatic amines is 1. The van der Waals surface area contributed by atoms with Gasteiger partial charge in [-0.05, 0) is 30.7 Å². The van der Waals surface area contributed by atoms with E-state index in [2.05, 4.69) is 22.0 Å². The third kappa shape index (κ3) is 2.50. The van der Waals surface area contributed by atoms with Crippen LogP contribution in [0.4, 0.5) is 0 Å². The zero-order chi connectivity index (χ0) is 13.0. The average molecular weight is 243 g/mol. The summed E-state index contributed by atoms with van der Waals surface area (Å²) in [6.45, 7) is 1.99. The Morgan fingerprint density at radius 2 is 2.33 bits per heavy atom. The molecule has 2 aromatic rings. The first-order valence-electron chi connectivity index (χ1n) is 5.55. The molecule has 0 aliphatic heterocycles. The number of aryl methyl sites for hydroxylation is 1. The van der Waals surface area contributed by atoms with Gasteiger partial charge in [0.15, 0.2) is 0 Å². The number of aromatic nitrogens is 3. The molecule has 18 heavy (non-hydrogen) atoms. The van der Waals surface area contributed by atoms with Crippen molar-refractivity contribution in [2.45, 2.75) is 13.3 Å². The summed E-state index contributed by atoms with van der Waals surface area (Å²) in [4.78, 5) is 11.4. The maximum Gasteiger partial charge on any atom is 0.347 e. The molecule has 0 fully saturated rings. The number of aliphatic hydroxyl groups excluding tert-OH is 1. The van der Waals surface area contributed by atoms with Crippen molar-refractivity contribution >= 4 is 0 Å². The van der Waals surface area contributed by atoms with Gasteiger partial charge in [0.25, 0.3) is 0 Å². The normalized spacial score (nSPS) is 9.89. The zero-order valence-electron chi connectivity index (χ0n) is 9.97. The predicted octanol–water partition coefficient (Wildman–Crippen LogP) is 0.603. The van der Waals surface area contributed by atoms with Crippen molar-refractivity contribution in [1.29, 1.82) is 0 Å². The van der Waals surface area contributed by atoms with Gasteiger partial charge < -0.3 is 5.11 Å². The number of hydrogen-bond donors (Lipinski definition) is 2. The van der Waals surface area contributed by atoms with Crippen LogP contribution < -0.4 is 5.69 Å². The van der Waals surface area contributed by atoms with Crippen LogP contribution in [0.1, 0.15) is 17.5 Å². The van der Waals surface area contributed by atoms with E-state index in [1.54, 1.807) is 0 Å². The summed E-state index contributed by atoms with van der Waals surface area (Å²) < 4.78 is 1.43. The lowest BCUT2D eigenvalue weighted by molar-refractivity contribution is 0.305. The van der Waals surface area contributed by atoms with Crippen molar-refractivity contribution in [3.63, 3.8) is 0 Å². The van der Waals surface area contributed by atoms with Gasteiger partial charge in [0.2, 0.25) is 0 Å². The highest BCUT2D eigenvalue weighted by atomic mass is 16.2. The third-order valence-corrected chi connectivity index (χ3v) is 2.50. The summed E-state index contributed by atoms with van der Waals surface area (Å²) in [6, 6.07) is 5.54. The smallest absolute Gasteiger partial charge is 0.347 e. The van der Waals surface area contributed by atoms with E-state index in [0.29, 0.717) is 6.42 Å². The van der Waals surface area contributed by atoms with Gasteiger partial charge >= 0.3 is 5.69 Å². The quantitative estimate of drug-likeness (QED) is 0.759. The summed E-state index contributed by atoms with van der Waals surface area (Å²) in [5.41, 5.74) is 2.35. The highest BCUT2D eigenvalue weighted by molar-refractivity contribution is 5.47. The molecule has 0 radical (unpaired) electrons. The van der Waals surface area contributed by atoms with Crippen LogP contribution in [0.25, 0.3) is 5.69 Å². The summed E-state index contributed by atoms with van der Waals surface area (Å²) in [5, 5.41) is 14.7. The van der Waals surface area contributed by atoms with E-state index in [9.17, 15) is 4.79 Å². The first-order chi connectivity index (χ1) is 8.72. The molecule has 2 rings (SSSR count). The second-order valence-electron chi connectivity index (χ2n) is 3.81. The summed E-state index contributed by atoms with van der Waals surface area (Å²) >= 11 is 0. The SMILES string of the molecule is Cc1cc(-n2cn[nH]c2=O)ccc1C#CCCO. The minimum atomic E-state index is -0.270. The molecule has 1 aromatic carbocycles. The molecule has 5 heteroatoms. The summed E-state index contributed by atoms with van der Waals surface area (Å²) in [5.74, 6) is 5.85. The molecule has 0 bridgehead atoms. The molecule has 2 N–H and O–H groups in total. The van der Waals surface area contributed by atoms with Crippen LogP contribution in [0.3, 0.4) is 0 Å². The van der Waals surface area contributed by atoms with Gasteiger partial charge in [-0.1, -0.05) is 11.8 Å². The van der Waals surface area contributed by atoms with E-state index in [0.717, 1.165) is 16.8 Å². The van der Waals surface area contributed by atoms with Gasteiger partial charge in [0, 0.05) is 12.0 Å². The minimum Gasteiger partial charge on any atom is -0.395 e. The molecule has 1 aromatic heterocycles. The number of rotatable bonds is 2. The van der Waals surface area contributed by atoms with E-state index in [-0.39, 0.29) is 12.3 Å². The highest BCUT2D eigenvalue weighted by Crippen LogP contribution is 2.12. The molecule has 0 atom stereocenters. The van der Waals surface area contributed by atoms with Crippen LogP contribution in [-0.4, -0.2) is 26.5 Å². The molecule has 0 saturated carbocycles. The average Bonchev–Trinajstić information content (AvgIpc) is 2.78. The molecule has 0 saturated heterocycles. The fourth-order valence-electron chi connectivity index (χ4n) is 1.58.